The summed E-state index contributed by atoms with van der Waals surface area (Å²) in [5.74, 6) is -0.507. The van der Waals surface area contributed by atoms with Gasteiger partial charge in [-0.3, -0.25) is 4.98 Å². The summed E-state index contributed by atoms with van der Waals surface area (Å²) in [6.45, 7) is 1.60. The van der Waals surface area contributed by atoms with Gasteiger partial charge >= 0.3 is 5.76 Å². The second-order valence-electron chi connectivity index (χ2n) is 5.99. The summed E-state index contributed by atoms with van der Waals surface area (Å²) in [5, 5.41) is 0.216. The highest BCUT2D eigenvalue weighted by molar-refractivity contribution is 7.89. The Hall–Kier alpha value is -2.29. The number of aromatic nitrogens is 1. The number of H-pyrrole nitrogens is 1. The van der Waals surface area contributed by atoms with E-state index in [9.17, 15) is 13.2 Å². The van der Waals surface area contributed by atoms with Crippen molar-refractivity contribution in [2.75, 3.05) is 31.1 Å². The van der Waals surface area contributed by atoms with E-state index in [-0.39, 0.29) is 9.92 Å². The summed E-state index contributed by atoms with van der Waals surface area (Å²) < 4.78 is 32.3. The molecular weight excluding hydrogens is 378 g/mol. The molecule has 26 heavy (non-hydrogen) atoms. The van der Waals surface area contributed by atoms with Crippen molar-refractivity contribution in [2.45, 2.75) is 4.90 Å². The lowest BCUT2D eigenvalue weighted by atomic mass is 10.2. The molecule has 2 heterocycles. The van der Waals surface area contributed by atoms with E-state index in [2.05, 4.69) is 4.98 Å². The first kappa shape index (κ1) is 17.1. The van der Waals surface area contributed by atoms with E-state index in [1.807, 2.05) is 17.0 Å². The predicted octanol–water partition coefficient (Wildman–Crippen LogP) is 2.29. The number of benzene rings is 2. The average Bonchev–Trinajstić information content (AvgIpc) is 3.02. The Bertz CT molecular complexity index is 1110. The third kappa shape index (κ3) is 2.90. The fraction of sp³-hybridized carbons (Fsp3) is 0.235. The van der Waals surface area contributed by atoms with Crippen LogP contribution in [0.5, 0.6) is 0 Å². The van der Waals surface area contributed by atoms with Crippen LogP contribution in [-0.4, -0.2) is 43.9 Å². The molecule has 0 bridgehead atoms. The SMILES string of the molecule is O=c1[nH]c2cccc(N3CCN(S(=O)(=O)c4ccccc4Cl)CC3)c2o1. The Balaban J connectivity index is 1.57. The third-order valence-electron chi connectivity index (χ3n) is 4.46. The van der Waals surface area contributed by atoms with Crippen LogP contribution in [0.3, 0.4) is 0 Å². The summed E-state index contributed by atoms with van der Waals surface area (Å²) in [5.41, 5.74) is 1.88. The number of piperazine rings is 1. The molecule has 2 aromatic carbocycles. The van der Waals surface area contributed by atoms with E-state index in [1.165, 1.54) is 10.4 Å². The van der Waals surface area contributed by atoms with Crippen molar-refractivity contribution in [1.82, 2.24) is 9.29 Å². The number of nitrogens with one attached hydrogen (secondary N) is 1. The van der Waals surface area contributed by atoms with Crippen LogP contribution in [0.2, 0.25) is 5.02 Å². The van der Waals surface area contributed by atoms with Crippen LogP contribution in [0.1, 0.15) is 0 Å². The zero-order valence-corrected chi connectivity index (χ0v) is 15.3. The van der Waals surface area contributed by atoms with Gasteiger partial charge in [0, 0.05) is 26.2 Å². The molecule has 3 aromatic rings. The van der Waals surface area contributed by atoms with Crippen molar-refractivity contribution >= 4 is 38.4 Å². The minimum atomic E-state index is -3.64. The topological polar surface area (TPSA) is 86.6 Å². The summed E-state index contributed by atoms with van der Waals surface area (Å²) in [6.07, 6.45) is 0. The van der Waals surface area contributed by atoms with E-state index in [0.717, 1.165) is 5.69 Å². The van der Waals surface area contributed by atoms with Crippen LogP contribution < -0.4 is 10.7 Å². The van der Waals surface area contributed by atoms with Gasteiger partial charge in [-0.1, -0.05) is 29.8 Å². The van der Waals surface area contributed by atoms with Gasteiger partial charge in [-0.15, -0.1) is 0 Å². The number of fused-ring (bicyclic) bond motifs is 1. The maximum absolute atomic E-state index is 12.8. The summed E-state index contributed by atoms with van der Waals surface area (Å²) >= 11 is 6.06. The average molecular weight is 394 g/mol. The molecule has 7 nitrogen and oxygen atoms in total. The summed E-state index contributed by atoms with van der Waals surface area (Å²) in [4.78, 5) is 16.2. The zero-order valence-electron chi connectivity index (χ0n) is 13.7. The number of anilines is 1. The van der Waals surface area contributed by atoms with Gasteiger partial charge in [0.2, 0.25) is 10.0 Å². The summed E-state index contributed by atoms with van der Waals surface area (Å²) in [7, 11) is -3.64. The normalized spacial score (nSPS) is 16.3. The number of para-hydroxylation sites is 1. The number of sulfonamides is 1. The minimum absolute atomic E-state index is 0.119. The Labute approximate surface area is 154 Å². The minimum Gasteiger partial charge on any atom is -0.406 e. The van der Waals surface area contributed by atoms with E-state index < -0.39 is 15.8 Å². The lowest BCUT2D eigenvalue weighted by Crippen LogP contribution is -2.48. The Morgan fingerprint density at radius 2 is 1.73 bits per heavy atom. The van der Waals surface area contributed by atoms with E-state index in [1.54, 1.807) is 24.3 Å². The van der Waals surface area contributed by atoms with Crippen LogP contribution in [0.4, 0.5) is 5.69 Å². The lowest BCUT2D eigenvalue weighted by molar-refractivity contribution is 0.384. The van der Waals surface area contributed by atoms with Crippen molar-refractivity contribution in [1.29, 1.82) is 0 Å². The molecule has 1 fully saturated rings. The first-order valence-corrected chi connectivity index (χ1v) is 9.90. The number of hydrogen-bond donors (Lipinski definition) is 1. The molecule has 1 saturated heterocycles. The quantitative estimate of drug-likeness (QED) is 0.737. The maximum atomic E-state index is 12.8. The lowest BCUT2D eigenvalue weighted by Gasteiger charge is -2.35. The molecule has 1 aliphatic heterocycles. The van der Waals surface area contributed by atoms with Crippen molar-refractivity contribution < 1.29 is 12.8 Å². The fourth-order valence-electron chi connectivity index (χ4n) is 3.17. The smallest absolute Gasteiger partial charge is 0.406 e. The van der Waals surface area contributed by atoms with Crippen LogP contribution in [0.25, 0.3) is 11.1 Å². The number of nitrogens with zero attached hydrogens (tertiary/aromatic N) is 2. The van der Waals surface area contributed by atoms with Gasteiger partial charge in [0.1, 0.15) is 4.90 Å². The summed E-state index contributed by atoms with van der Waals surface area (Å²) in [6, 6.07) is 11.9. The van der Waals surface area contributed by atoms with E-state index >= 15 is 0 Å². The third-order valence-corrected chi connectivity index (χ3v) is 6.86. The molecule has 4 rings (SSSR count). The largest absolute Gasteiger partial charge is 0.417 e. The van der Waals surface area contributed by atoms with Crippen LogP contribution in [-0.2, 0) is 10.0 Å². The number of oxazole rings is 1. The molecule has 0 amide bonds. The van der Waals surface area contributed by atoms with Crippen molar-refractivity contribution in [2.24, 2.45) is 0 Å². The van der Waals surface area contributed by atoms with Crippen LogP contribution in [0.15, 0.2) is 56.6 Å². The molecule has 0 saturated carbocycles. The fourth-order valence-corrected chi connectivity index (χ4v) is 5.09. The number of halogens is 1. The van der Waals surface area contributed by atoms with Crippen molar-refractivity contribution in [3.63, 3.8) is 0 Å². The molecular formula is C17H16ClN3O4S. The van der Waals surface area contributed by atoms with Crippen molar-refractivity contribution in [3.8, 4) is 0 Å². The number of hydrogen-bond acceptors (Lipinski definition) is 5. The molecule has 0 atom stereocenters. The maximum Gasteiger partial charge on any atom is 0.417 e. The second-order valence-corrected chi connectivity index (χ2v) is 8.30. The molecule has 0 unspecified atom stereocenters. The monoisotopic (exact) mass is 393 g/mol. The molecule has 1 aliphatic rings. The van der Waals surface area contributed by atoms with Gasteiger partial charge in [-0.25, -0.2) is 13.2 Å². The van der Waals surface area contributed by atoms with Gasteiger partial charge in [-0.2, -0.15) is 4.31 Å². The van der Waals surface area contributed by atoms with Gasteiger partial charge in [0.05, 0.1) is 16.2 Å². The van der Waals surface area contributed by atoms with Crippen molar-refractivity contribution in [3.05, 3.63) is 58.0 Å². The zero-order chi connectivity index (χ0) is 18.3. The van der Waals surface area contributed by atoms with Gasteiger partial charge in [-0.05, 0) is 24.3 Å². The molecule has 1 N–H and O–H groups in total. The Kier molecular flexibility index (Phi) is 4.26. The molecule has 136 valence electrons. The Morgan fingerprint density at radius 1 is 1.00 bits per heavy atom. The highest BCUT2D eigenvalue weighted by Gasteiger charge is 2.30. The van der Waals surface area contributed by atoms with Crippen LogP contribution in [0, 0.1) is 0 Å². The second kappa shape index (κ2) is 6.46. The first-order chi connectivity index (χ1) is 12.5. The van der Waals surface area contributed by atoms with Crippen LogP contribution >= 0.6 is 11.6 Å². The molecule has 0 spiro atoms. The number of rotatable bonds is 3. The highest BCUT2D eigenvalue weighted by Crippen LogP contribution is 2.28. The molecule has 0 radical (unpaired) electrons. The first-order valence-electron chi connectivity index (χ1n) is 8.08. The predicted molar refractivity (Wildman–Crippen MR) is 99.3 cm³/mol. The number of aromatic amines is 1. The van der Waals surface area contributed by atoms with Gasteiger partial charge in [0.15, 0.2) is 5.58 Å². The molecule has 0 aliphatic carbocycles. The molecule has 9 heteroatoms. The van der Waals surface area contributed by atoms with E-state index in [0.29, 0.717) is 37.3 Å². The highest BCUT2D eigenvalue weighted by atomic mass is 35.5. The Morgan fingerprint density at radius 3 is 2.46 bits per heavy atom. The van der Waals surface area contributed by atoms with E-state index in [4.69, 9.17) is 16.0 Å². The van der Waals surface area contributed by atoms with Gasteiger partial charge < -0.3 is 9.32 Å². The standard InChI is InChI=1S/C17H16ClN3O4S/c18-12-4-1-2-7-15(12)26(23,24)21-10-8-20(9-11-21)14-6-3-5-13-16(14)25-17(22)19-13/h1-7H,8-11H2,(H,19,22). The molecule has 1 aromatic heterocycles. The van der Waals surface area contributed by atoms with Gasteiger partial charge in [0.25, 0.3) is 0 Å².